The summed E-state index contributed by atoms with van der Waals surface area (Å²) in [6.45, 7) is 2.43. The van der Waals surface area contributed by atoms with E-state index >= 15 is 0 Å². The van der Waals surface area contributed by atoms with Gasteiger partial charge in [-0.25, -0.2) is 4.79 Å². The third-order valence-corrected chi connectivity index (χ3v) is 6.57. The van der Waals surface area contributed by atoms with Gasteiger partial charge in [0, 0.05) is 24.9 Å². The van der Waals surface area contributed by atoms with Gasteiger partial charge < -0.3 is 15.4 Å². The van der Waals surface area contributed by atoms with Crippen molar-refractivity contribution < 1.29 is 9.53 Å². The van der Waals surface area contributed by atoms with Crippen LogP contribution in [0, 0.1) is 45.3 Å². The molecule has 1 heterocycles. The Bertz CT molecular complexity index is 1280. The second-order valence-electron chi connectivity index (χ2n) is 8.27. The fourth-order valence-electron chi connectivity index (χ4n) is 4.93. The molecule has 2 atom stereocenters. The van der Waals surface area contributed by atoms with Gasteiger partial charge in [0.2, 0.25) is 0 Å². The summed E-state index contributed by atoms with van der Waals surface area (Å²) < 4.78 is 5.17. The van der Waals surface area contributed by atoms with E-state index in [4.69, 9.17) is 10.5 Å². The second kappa shape index (κ2) is 9.14. The minimum Gasteiger partial charge on any atom is -0.450 e. The molecule has 0 radical (unpaired) electrons. The highest BCUT2D eigenvalue weighted by atomic mass is 16.6. The largest absolute Gasteiger partial charge is 0.450 e. The van der Waals surface area contributed by atoms with Gasteiger partial charge in [-0.15, -0.1) is 0 Å². The molecule has 34 heavy (non-hydrogen) atoms. The van der Waals surface area contributed by atoms with Crippen LogP contribution in [0.25, 0.3) is 11.1 Å². The van der Waals surface area contributed by atoms with Gasteiger partial charge in [0.05, 0.1) is 30.0 Å². The van der Waals surface area contributed by atoms with Gasteiger partial charge in [-0.1, -0.05) is 60.7 Å². The first-order valence-electron chi connectivity index (χ1n) is 11.0. The maximum Gasteiger partial charge on any atom is 0.410 e. The fourth-order valence-corrected chi connectivity index (χ4v) is 4.93. The normalized spacial score (nSPS) is 20.8. The van der Waals surface area contributed by atoms with E-state index in [2.05, 4.69) is 18.2 Å². The van der Waals surface area contributed by atoms with Crippen molar-refractivity contribution in [2.24, 2.45) is 17.1 Å². The van der Waals surface area contributed by atoms with Crippen LogP contribution in [0.15, 0.2) is 77.5 Å². The summed E-state index contributed by atoms with van der Waals surface area (Å²) in [5, 5.41) is 30.3. The Balaban J connectivity index is 1.85. The lowest BCUT2D eigenvalue weighted by Gasteiger charge is -2.45. The monoisotopic (exact) mass is 449 g/mol. The topological polar surface area (TPSA) is 127 Å². The number of benzene rings is 2. The molecule has 0 bridgehead atoms. The zero-order chi connectivity index (χ0) is 24.3. The lowest BCUT2D eigenvalue weighted by Crippen LogP contribution is -2.49. The Morgan fingerprint density at radius 3 is 2.32 bits per heavy atom. The van der Waals surface area contributed by atoms with Crippen molar-refractivity contribution in [3.63, 3.8) is 0 Å². The molecule has 0 saturated carbocycles. The summed E-state index contributed by atoms with van der Waals surface area (Å²) in [5.74, 6) is -1.14. The third-order valence-electron chi connectivity index (χ3n) is 6.57. The maximum absolute atomic E-state index is 12.5. The number of ether oxygens (including phenoxy) is 1. The van der Waals surface area contributed by atoms with Crippen molar-refractivity contribution in [2.45, 2.75) is 12.8 Å². The summed E-state index contributed by atoms with van der Waals surface area (Å²) in [5.41, 5.74) is 8.16. The average molecular weight is 450 g/mol. The van der Waals surface area contributed by atoms with Gasteiger partial charge in [-0.2, -0.15) is 15.8 Å². The highest BCUT2D eigenvalue weighted by Gasteiger charge is 2.54. The molecule has 1 aliphatic carbocycles. The van der Waals surface area contributed by atoms with Gasteiger partial charge in [-0.3, -0.25) is 0 Å². The Labute approximate surface area is 198 Å². The van der Waals surface area contributed by atoms with Crippen LogP contribution >= 0.6 is 0 Å². The van der Waals surface area contributed by atoms with E-state index in [0.717, 1.165) is 16.7 Å². The van der Waals surface area contributed by atoms with E-state index in [1.165, 1.54) is 4.90 Å². The Morgan fingerprint density at radius 1 is 1.09 bits per heavy atom. The van der Waals surface area contributed by atoms with Crippen molar-refractivity contribution in [3.05, 3.63) is 83.1 Å². The highest BCUT2D eigenvalue weighted by Crippen LogP contribution is 2.54. The molecule has 0 saturated heterocycles. The standard InChI is InChI=1S/C27H23N5O2/c1-2-34-26(33)32-13-12-21-22(14-28)25(31)27(16-29,17-30)24(23(21)15-32)20-10-8-19(9-11-20)18-6-4-3-5-7-18/h3-12,23-24H,2,13,15,31H2,1H3/t23-,24-/m0/s1. The van der Waals surface area contributed by atoms with Crippen LogP contribution < -0.4 is 5.73 Å². The van der Waals surface area contributed by atoms with E-state index in [-0.39, 0.29) is 31.0 Å². The number of nitriles is 3. The molecule has 7 nitrogen and oxygen atoms in total. The van der Waals surface area contributed by atoms with Crippen LogP contribution in [0.4, 0.5) is 4.79 Å². The van der Waals surface area contributed by atoms with Gasteiger partial charge in [0.15, 0.2) is 5.41 Å². The number of hydrogen-bond acceptors (Lipinski definition) is 6. The lowest BCUT2D eigenvalue weighted by atomic mass is 9.58. The number of nitrogens with two attached hydrogens (primary N) is 1. The van der Waals surface area contributed by atoms with Gasteiger partial charge >= 0.3 is 6.09 Å². The fraction of sp³-hybridized carbons (Fsp3) is 0.259. The molecule has 0 unspecified atom stereocenters. The minimum atomic E-state index is -1.75. The summed E-state index contributed by atoms with van der Waals surface area (Å²) >= 11 is 0. The lowest BCUT2D eigenvalue weighted by molar-refractivity contribution is 0.0999. The molecule has 2 aliphatic rings. The van der Waals surface area contributed by atoms with Crippen molar-refractivity contribution in [2.75, 3.05) is 19.7 Å². The number of carbonyl (C=O) groups is 1. The van der Waals surface area contributed by atoms with Crippen molar-refractivity contribution in [3.8, 4) is 29.3 Å². The number of amides is 1. The Kier molecular flexibility index (Phi) is 6.09. The molecule has 1 aliphatic heterocycles. The van der Waals surface area contributed by atoms with Crippen LogP contribution in [-0.4, -0.2) is 30.7 Å². The van der Waals surface area contributed by atoms with Crippen molar-refractivity contribution in [1.29, 1.82) is 15.8 Å². The second-order valence-corrected chi connectivity index (χ2v) is 8.27. The third kappa shape index (κ3) is 3.56. The predicted molar refractivity (Wildman–Crippen MR) is 125 cm³/mol. The molecular formula is C27H23N5O2. The summed E-state index contributed by atoms with van der Waals surface area (Å²) in [6, 6.07) is 23.9. The summed E-state index contributed by atoms with van der Waals surface area (Å²) in [4.78, 5) is 14.0. The molecule has 168 valence electrons. The first-order valence-corrected chi connectivity index (χ1v) is 11.0. The van der Waals surface area contributed by atoms with E-state index in [1.807, 2.05) is 54.6 Å². The highest BCUT2D eigenvalue weighted by molar-refractivity contribution is 5.70. The summed E-state index contributed by atoms with van der Waals surface area (Å²) in [6.07, 6.45) is 1.30. The number of nitrogens with zero attached hydrogens (tertiary/aromatic N) is 4. The molecule has 2 N–H and O–H groups in total. The molecule has 1 amide bonds. The Morgan fingerprint density at radius 2 is 1.74 bits per heavy atom. The molecule has 0 aromatic heterocycles. The molecule has 4 rings (SSSR count). The number of allylic oxidation sites excluding steroid dienone is 2. The maximum atomic E-state index is 12.5. The molecule has 2 aromatic rings. The number of fused-ring (bicyclic) bond motifs is 1. The average Bonchev–Trinajstić information content (AvgIpc) is 2.88. The molecule has 2 aromatic carbocycles. The molecule has 7 heteroatoms. The van der Waals surface area contributed by atoms with Crippen molar-refractivity contribution >= 4 is 6.09 Å². The van der Waals surface area contributed by atoms with Crippen LogP contribution in [0.3, 0.4) is 0 Å². The first kappa shape index (κ1) is 22.6. The molecular weight excluding hydrogens is 426 g/mol. The van der Waals surface area contributed by atoms with E-state index in [0.29, 0.717) is 5.57 Å². The smallest absolute Gasteiger partial charge is 0.410 e. The number of hydrogen-bond donors (Lipinski definition) is 1. The van der Waals surface area contributed by atoms with Crippen molar-refractivity contribution in [1.82, 2.24) is 4.90 Å². The SMILES string of the molecule is CCOC(=O)N1CC=C2C(C#N)=C(N)C(C#N)(C#N)[C@@H](c3ccc(-c4ccccc4)cc3)[C@H]2C1. The van der Waals surface area contributed by atoms with Gasteiger partial charge in [0.25, 0.3) is 0 Å². The van der Waals surface area contributed by atoms with E-state index < -0.39 is 23.3 Å². The van der Waals surface area contributed by atoms with Crippen LogP contribution in [-0.2, 0) is 4.74 Å². The first-order chi connectivity index (χ1) is 16.5. The van der Waals surface area contributed by atoms with Crippen LogP contribution in [0.2, 0.25) is 0 Å². The molecule has 0 spiro atoms. The van der Waals surface area contributed by atoms with Gasteiger partial charge in [-0.05, 0) is 29.2 Å². The zero-order valence-electron chi connectivity index (χ0n) is 18.7. The van der Waals surface area contributed by atoms with Crippen LogP contribution in [0.5, 0.6) is 0 Å². The Hall–Kier alpha value is -4.54. The predicted octanol–water partition coefficient (Wildman–Crippen LogP) is 4.24. The number of carbonyl (C=O) groups excluding carboxylic acids is 1. The van der Waals surface area contributed by atoms with Crippen LogP contribution in [0.1, 0.15) is 18.4 Å². The van der Waals surface area contributed by atoms with E-state index in [1.54, 1.807) is 13.0 Å². The summed E-state index contributed by atoms with van der Waals surface area (Å²) in [7, 11) is 0. The number of rotatable bonds is 3. The quantitative estimate of drug-likeness (QED) is 0.747. The minimum absolute atomic E-state index is 0.0378. The molecule has 0 fully saturated rings. The van der Waals surface area contributed by atoms with Gasteiger partial charge in [0.1, 0.15) is 6.07 Å². The zero-order valence-corrected chi connectivity index (χ0v) is 18.7. The van der Waals surface area contributed by atoms with E-state index in [9.17, 15) is 20.6 Å².